The van der Waals surface area contributed by atoms with Crippen molar-refractivity contribution in [1.29, 1.82) is 0 Å². The summed E-state index contributed by atoms with van der Waals surface area (Å²) < 4.78 is 4.66. The van der Waals surface area contributed by atoms with Crippen molar-refractivity contribution in [3.8, 4) is 5.75 Å². The Kier molecular flexibility index (Phi) is 6.40. The lowest BCUT2D eigenvalue weighted by Gasteiger charge is -2.12. The summed E-state index contributed by atoms with van der Waals surface area (Å²) in [6, 6.07) is 4.01. The maximum absolute atomic E-state index is 11.2. The molecular formula is C16H24O3. The first-order valence-corrected chi connectivity index (χ1v) is 7.02. The second-order valence-electron chi connectivity index (χ2n) is 4.80. The molecule has 0 amide bonds. The smallest absolute Gasteiger partial charge is 0.305 e. The highest BCUT2D eigenvalue weighted by atomic mass is 16.5. The minimum atomic E-state index is -0.193. The van der Waals surface area contributed by atoms with Gasteiger partial charge < -0.3 is 9.84 Å². The minimum absolute atomic E-state index is 0.193. The highest BCUT2D eigenvalue weighted by Gasteiger charge is 2.10. The Morgan fingerprint density at radius 3 is 2.47 bits per heavy atom. The van der Waals surface area contributed by atoms with Crippen molar-refractivity contribution in [2.75, 3.05) is 7.11 Å². The summed E-state index contributed by atoms with van der Waals surface area (Å²) >= 11 is 0. The number of carbonyl (C=O) groups is 1. The lowest BCUT2D eigenvalue weighted by Crippen LogP contribution is -2.03. The quantitative estimate of drug-likeness (QED) is 0.768. The van der Waals surface area contributed by atoms with Gasteiger partial charge in [-0.2, -0.15) is 0 Å². The number of ether oxygens (including phenoxy) is 1. The molecule has 0 unspecified atom stereocenters. The van der Waals surface area contributed by atoms with Crippen LogP contribution in [0.25, 0.3) is 0 Å². The highest BCUT2D eigenvalue weighted by molar-refractivity contribution is 5.69. The zero-order chi connectivity index (χ0) is 14.3. The van der Waals surface area contributed by atoms with E-state index in [0.29, 0.717) is 18.6 Å². The second kappa shape index (κ2) is 7.82. The molecule has 3 nitrogen and oxygen atoms in total. The number of phenolic OH excluding ortho intramolecular Hbond substituents is 1. The monoisotopic (exact) mass is 264 g/mol. The molecule has 106 valence electrons. The molecule has 1 rings (SSSR count). The fourth-order valence-electron chi connectivity index (χ4n) is 2.15. The summed E-state index contributed by atoms with van der Waals surface area (Å²) in [5.41, 5.74) is 3.07. The predicted octanol–water partition coefficient (Wildman–Crippen LogP) is 3.40. The Hall–Kier alpha value is -1.51. The van der Waals surface area contributed by atoms with Crippen LogP contribution in [0, 0.1) is 0 Å². The van der Waals surface area contributed by atoms with Gasteiger partial charge in [0, 0.05) is 6.42 Å². The number of phenols is 1. The molecule has 0 saturated heterocycles. The van der Waals surface area contributed by atoms with E-state index in [-0.39, 0.29) is 5.97 Å². The molecule has 1 aromatic carbocycles. The average molecular weight is 264 g/mol. The van der Waals surface area contributed by atoms with Crippen molar-refractivity contribution in [3.05, 3.63) is 28.8 Å². The maximum Gasteiger partial charge on any atom is 0.305 e. The first kappa shape index (κ1) is 15.5. The molecule has 0 spiro atoms. The van der Waals surface area contributed by atoms with Gasteiger partial charge in [-0.25, -0.2) is 0 Å². The van der Waals surface area contributed by atoms with E-state index < -0.39 is 0 Å². The first-order chi connectivity index (χ1) is 9.12. The number of carbonyl (C=O) groups excluding carboxylic acids is 1. The number of unbranched alkanes of at least 4 members (excludes halogenated alkanes) is 1. The largest absolute Gasteiger partial charge is 0.507 e. The number of benzene rings is 1. The number of methoxy groups -OCH3 is 1. The molecule has 0 bridgehead atoms. The molecule has 3 heteroatoms. The predicted molar refractivity (Wildman–Crippen MR) is 76.4 cm³/mol. The summed E-state index contributed by atoms with van der Waals surface area (Å²) in [6.45, 7) is 4.17. The molecule has 0 saturated carbocycles. The van der Waals surface area contributed by atoms with E-state index in [1.165, 1.54) is 7.11 Å². The van der Waals surface area contributed by atoms with Crippen LogP contribution in [-0.2, 0) is 28.8 Å². The van der Waals surface area contributed by atoms with Gasteiger partial charge in [0.2, 0.25) is 0 Å². The number of hydrogen-bond donors (Lipinski definition) is 1. The number of hydrogen-bond acceptors (Lipinski definition) is 3. The summed E-state index contributed by atoms with van der Waals surface area (Å²) in [6.07, 6.45) is 4.92. The minimum Gasteiger partial charge on any atom is -0.507 e. The summed E-state index contributed by atoms with van der Waals surface area (Å²) in [5.74, 6) is 0.235. The van der Waals surface area contributed by atoms with Gasteiger partial charge >= 0.3 is 5.97 Å². The van der Waals surface area contributed by atoms with Crippen LogP contribution in [0.3, 0.4) is 0 Å². The van der Waals surface area contributed by atoms with E-state index in [2.05, 4.69) is 11.7 Å². The van der Waals surface area contributed by atoms with Gasteiger partial charge in [-0.05, 0) is 42.4 Å². The Labute approximate surface area is 115 Å². The molecule has 0 aliphatic carbocycles. The molecule has 0 aromatic heterocycles. The van der Waals surface area contributed by atoms with Gasteiger partial charge in [0.1, 0.15) is 5.75 Å². The van der Waals surface area contributed by atoms with E-state index >= 15 is 0 Å². The summed E-state index contributed by atoms with van der Waals surface area (Å²) in [7, 11) is 1.41. The number of rotatable bonds is 7. The van der Waals surface area contributed by atoms with Crippen LogP contribution in [0.4, 0.5) is 0 Å². The van der Waals surface area contributed by atoms with E-state index in [9.17, 15) is 9.90 Å². The van der Waals surface area contributed by atoms with Gasteiger partial charge in [0.15, 0.2) is 0 Å². The fourth-order valence-corrected chi connectivity index (χ4v) is 2.15. The Bertz CT molecular complexity index is 424. The maximum atomic E-state index is 11.2. The van der Waals surface area contributed by atoms with Crippen molar-refractivity contribution >= 4 is 5.97 Å². The number of aryl methyl sites for hydroxylation is 3. The molecular weight excluding hydrogens is 240 g/mol. The Balaban J connectivity index is 2.88. The van der Waals surface area contributed by atoms with Crippen LogP contribution in [-0.4, -0.2) is 18.2 Å². The van der Waals surface area contributed by atoms with Gasteiger partial charge in [0.05, 0.1) is 7.11 Å². The Morgan fingerprint density at radius 2 is 1.89 bits per heavy atom. The van der Waals surface area contributed by atoms with Crippen molar-refractivity contribution in [2.24, 2.45) is 0 Å². The second-order valence-corrected chi connectivity index (χ2v) is 4.80. The third kappa shape index (κ3) is 4.58. The topological polar surface area (TPSA) is 46.5 Å². The Morgan fingerprint density at radius 1 is 1.21 bits per heavy atom. The normalized spacial score (nSPS) is 10.5. The van der Waals surface area contributed by atoms with Gasteiger partial charge in [0.25, 0.3) is 0 Å². The van der Waals surface area contributed by atoms with Gasteiger partial charge in [-0.15, -0.1) is 0 Å². The molecule has 0 fully saturated rings. The molecule has 0 aliphatic rings. The molecule has 19 heavy (non-hydrogen) atoms. The lowest BCUT2D eigenvalue weighted by molar-refractivity contribution is -0.140. The van der Waals surface area contributed by atoms with Gasteiger partial charge in [-0.3, -0.25) is 4.79 Å². The van der Waals surface area contributed by atoms with Crippen molar-refractivity contribution < 1.29 is 14.6 Å². The van der Waals surface area contributed by atoms with Crippen LogP contribution in [0.2, 0.25) is 0 Å². The third-order valence-electron chi connectivity index (χ3n) is 3.35. The van der Waals surface area contributed by atoms with Crippen molar-refractivity contribution in [2.45, 2.75) is 52.4 Å². The van der Waals surface area contributed by atoms with Crippen LogP contribution >= 0.6 is 0 Å². The van der Waals surface area contributed by atoms with E-state index in [4.69, 9.17) is 0 Å². The summed E-state index contributed by atoms with van der Waals surface area (Å²) in [4.78, 5) is 11.2. The summed E-state index contributed by atoms with van der Waals surface area (Å²) in [5, 5.41) is 10.2. The molecule has 1 aromatic rings. The van der Waals surface area contributed by atoms with E-state index in [1.807, 2.05) is 19.1 Å². The standard InChI is InChI=1S/C16H24O3/c1-4-6-7-14-11-12(8-9-15(17)19-3)10-13(5-2)16(14)18/h10-11,18H,4-9H2,1-3H3. The molecule has 0 atom stereocenters. The fraction of sp³-hybridized carbons (Fsp3) is 0.562. The van der Waals surface area contributed by atoms with E-state index in [1.54, 1.807) is 0 Å². The van der Waals surface area contributed by atoms with Crippen molar-refractivity contribution in [3.63, 3.8) is 0 Å². The highest BCUT2D eigenvalue weighted by Crippen LogP contribution is 2.27. The third-order valence-corrected chi connectivity index (χ3v) is 3.35. The lowest BCUT2D eigenvalue weighted by atomic mass is 9.96. The molecule has 1 N–H and O–H groups in total. The molecule has 0 aliphatic heterocycles. The van der Waals surface area contributed by atoms with Crippen LogP contribution in [0.15, 0.2) is 12.1 Å². The van der Waals surface area contributed by atoms with E-state index in [0.717, 1.165) is 42.4 Å². The van der Waals surface area contributed by atoms with Crippen LogP contribution < -0.4 is 0 Å². The SMILES string of the molecule is CCCCc1cc(CCC(=O)OC)cc(CC)c1O. The molecule has 0 heterocycles. The zero-order valence-electron chi connectivity index (χ0n) is 12.2. The van der Waals surface area contributed by atoms with Crippen LogP contribution in [0.1, 0.15) is 49.8 Å². The number of aromatic hydroxyl groups is 1. The first-order valence-electron chi connectivity index (χ1n) is 7.02. The van der Waals surface area contributed by atoms with Crippen molar-refractivity contribution in [1.82, 2.24) is 0 Å². The van der Waals surface area contributed by atoms with Gasteiger partial charge in [-0.1, -0.05) is 32.4 Å². The average Bonchev–Trinajstić information content (AvgIpc) is 2.44. The zero-order valence-corrected chi connectivity index (χ0v) is 12.2. The molecule has 0 radical (unpaired) electrons. The number of esters is 1. The van der Waals surface area contributed by atoms with Crippen LogP contribution in [0.5, 0.6) is 5.75 Å².